The van der Waals surface area contributed by atoms with Gasteiger partial charge in [-0.05, 0) is 37.8 Å². The van der Waals surface area contributed by atoms with Crippen LogP contribution in [0.4, 0.5) is 0 Å². The zero-order valence-corrected chi connectivity index (χ0v) is 13.5. The van der Waals surface area contributed by atoms with Crippen molar-refractivity contribution < 1.29 is 9.59 Å². The largest absolute Gasteiger partial charge is 0.353 e. The number of likely N-dealkylation sites (tertiary alicyclic amines) is 1. The minimum atomic E-state index is 0.0597. The first-order chi connectivity index (χ1) is 11.2. The van der Waals surface area contributed by atoms with Crippen LogP contribution in [0.25, 0.3) is 0 Å². The first-order valence-corrected chi connectivity index (χ1v) is 8.74. The molecule has 1 aliphatic heterocycles. The number of amides is 2. The van der Waals surface area contributed by atoms with E-state index in [-0.39, 0.29) is 23.8 Å². The lowest BCUT2D eigenvalue weighted by Crippen LogP contribution is -2.48. The molecule has 124 valence electrons. The van der Waals surface area contributed by atoms with Crippen molar-refractivity contribution in [2.24, 2.45) is 5.92 Å². The van der Waals surface area contributed by atoms with Gasteiger partial charge >= 0.3 is 0 Å². The molecule has 2 aliphatic rings. The van der Waals surface area contributed by atoms with Crippen molar-refractivity contribution in [3.63, 3.8) is 0 Å². The van der Waals surface area contributed by atoms with E-state index in [1.807, 2.05) is 4.90 Å². The van der Waals surface area contributed by atoms with Gasteiger partial charge in [-0.25, -0.2) is 0 Å². The highest BCUT2D eigenvalue weighted by Crippen LogP contribution is 2.24. The van der Waals surface area contributed by atoms with Crippen molar-refractivity contribution in [2.45, 2.75) is 51.0 Å². The molecule has 1 saturated heterocycles. The van der Waals surface area contributed by atoms with Crippen molar-refractivity contribution >= 4 is 11.8 Å². The fourth-order valence-corrected chi connectivity index (χ4v) is 3.59. The predicted octanol–water partition coefficient (Wildman–Crippen LogP) is 2.38. The van der Waals surface area contributed by atoms with Crippen LogP contribution in [0.5, 0.6) is 0 Å². The second-order valence-corrected chi connectivity index (χ2v) is 6.65. The fourth-order valence-electron chi connectivity index (χ4n) is 3.59. The summed E-state index contributed by atoms with van der Waals surface area (Å²) in [5.41, 5.74) is 0.685. The number of nitrogens with zero attached hydrogens (tertiary/aromatic N) is 2. The zero-order chi connectivity index (χ0) is 16.1. The molecule has 2 heterocycles. The molecule has 0 atom stereocenters. The van der Waals surface area contributed by atoms with Crippen LogP contribution in [-0.2, 0) is 4.79 Å². The highest BCUT2D eigenvalue weighted by atomic mass is 16.2. The Balaban J connectivity index is 1.46. The smallest absolute Gasteiger partial charge is 0.253 e. The molecule has 2 amide bonds. The Morgan fingerprint density at radius 3 is 2.30 bits per heavy atom. The minimum absolute atomic E-state index is 0.0597. The number of rotatable bonds is 3. The molecular formula is C18H25N3O2. The average Bonchev–Trinajstić information content (AvgIpc) is 2.63. The summed E-state index contributed by atoms with van der Waals surface area (Å²) in [6, 6.07) is 3.71. The lowest BCUT2D eigenvalue weighted by Gasteiger charge is -2.33. The quantitative estimate of drug-likeness (QED) is 0.931. The van der Waals surface area contributed by atoms with Gasteiger partial charge in [-0.3, -0.25) is 14.6 Å². The standard InChI is InChI=1S/C18H25N3O2/c22-17(14-4-2-1-3-5-14)20-16-8-12-21(13-9-16)18(23)15-6-10-19-11-7-15/h6-7,10-11,14,16H,1-5,8-9,12-13H2,(H,20,22). The molecule has 0 radical (unpaired) electrons. The molecule has 5 nitrogen and oxygen atoms in total. The topological polar surface area (TPSA) is 62.3 Å². The Labute approximate surface area is 137 Å². The van der Waals surface area contributed by atoms with Gasteiger partial charge in [0.1, 0.15) is 0 Å². The molecule has 5 heteroatoms. The molecule has 0 unspecified atom stereocenters. The van der Waals surface area contributed by atoms with E-state index in [9.17, 15) is 9.59 Å². The summed E-state index contributed by atoms with van der Waals surface area (Å²) in [7, 11) is 0. The van der Waals surface area contributed by atoms with E-state index in [4.69, 9.17) is 0 Å². The Morgan fingerprint density at radius 1 is 1.00 bits per heavy atom. The van der Waals surface area contributed by atoms with Crippen LogP contribution in [0.2, 0.25) is 0 Å². The summed E-state index contributed by atoms with van der Waals surface area (Å²) < 4.78 is 0. The number of aromatic nitrogens is 1. The molecular weight excluding hydrogens is 290 g/mol. The van der Waals surface area contributed by atoms with E-state index < -0.39 is 0 Å². The Hall–Kier alpha value is -1.91. The van der Waals surface area contributed by atoms with Crippen LogP contribution in [0.3, 0.4) is 0 Å². The van der Waals surface area contributed by atoms with Crippen LogP contribution < -0.4 is 5.32 Å². The van der Waals surface area contributed by atoms with Crippen molar-refractivity contribution in [1.29, 1.82) is 0 Å². The number of piperidine rings is 1. The second kappa shape index (κ2) is 7.57. The monoisotopic (exact) mass is 315 g/mol. The molecule has 1 aromatic heterocycles. The van der Waals surface area contributed by atoms with Crippen LogP contribution >= 0.6 is 0 Å². The number of carbonyl (C=O) groups excluding carboxylic acids is 2. The first-order valence-electron chi connectivity index (χ1n) is 8.74. The van der Waals surface area contributed by atoms with E-state index >= 15 is 0 Å². The van der Waals surface area contributed by atoms with Gasteiger partial charge in [0.05, 0.1) is 0 Å². The Morgan fingerprint density at radius 2 is 1.65 bits per heavy atom. The van der Waals surface area contributed by atoms with Crippen LogP contribution in [0.15, 0.2) is 24.5 Å². The van der Waals surface area contributed by atoms with Crippen molar-refractivity contribution in [3.8, 4) is 0 Å². The van der Waals surface area contributed by atoms with Crippen molar-refractivity contribution in [3.05, 3.63) is 30.1 Å². The first kappa shape index (κ1) is 16.0. The maximum atomic E-state index is 12.4. The highest BCUT2D eigenvalue weighted by molar-refractivity contribution is 5.94. The number of nitrogens with one attached hydrogen (secondary N) is 1. The maximum absolute atomic E-state index is 12.4. The SMILES string of the molecule is O=C(NC1CCN(C(=O)c2ccncc2)CC1)C1CCCCC1. The lowest BCUT2D eigenvalue weighted by molar-refractivity contribution is -0.126. The molecule has 2 fully saturated rings. The number of carbonyl (C=O) groups is 2. The fraction of sp³-hybridized carbons (Fsp3) is 0.611. The average molecular weight is 315 g/mol. The molecule has 1 N–H and O–H groups in total. The van der Waals surface area contributed by atoms with E-state index in [0.717, 1.165) is 25.7 Å². The highest BCUT2D eigenvalue weighted by Gasteiger charge is 2.27. The zero-order valence-electron chi connectivity index (χ0n) is 13.5. The van der Waals surface area contributed by atoms with Gasteiger partial charge in [0.15, 0.2) is 0 Å². The molecule has 3 rings (SSSR count). The van der Waals surface area contributed by atoms with Crippen LogP contribution in [0, 0.1) is 5.92 Å². The van der Waals surface area contributed by atoms with E-state index in [2.05, 4.69) is 10.3 Å². The molecule has 1 aliphatic carbocycles. The van der Waals surface area contributed by atoms with Crippen LogP contribution in [0.1, 0.15) is 55.3 Å². The van der Waals surface area contributed by atoms with Crippen molar-refractivity contribution in [1.82, 2.24) is 15.2 Å². The number of hydrogen-bond acceptors (Lipinski definition) is 3. The maximum Gasteiger partial charge on any atom is 0.253 e. The van der Waals surface area contributed by atoms with E-state index in [0.29, 0.717) is 18.7 Å². The molecule has 1 saturated carbocycles. The van der Waals surface area contributed by atoms with Gasteiger partial charge in [0.2, 0.25) is 5.91 Å². The Kier molecular flexibility index (Phi) is 5.26. The third kappa shape index (κ3) is 4.09. The van der Waals surface area contributed by atoms with Gasteiger partial charge in [-0.1, -0.05) is 19.3 Å². The summed E-state index contributed by atoms with van der Waals surface area (Å²) in [5, 5.41) is 3.20. The summed E-state index contributed by atoms with van der Waals surface area (Å²) in [6.45, 7) is 1.41. The Bertz CT molecular complexity index is 532. The summed E-state index contributed by atoms with van der Waals surface area (Å²) in [6.07, 6.45) is 10.7. The summed E-state index contributed by atoms with van der Waals surface area (Å²) in [4.78, 5) is 30.5. The molecule has 0 bridgehead atoms. The number of hydrogen-bond donors (Lipinski definition) is 1. The minimum Gasteiger partial charge on any atom is -0.353 e. The van der Waals surface area contributed by atoms with Gasteiger partial charge in [0, 0.05) is 43.0 Å². The van der Waals surface area contributed by atoms with E-state index in [1.54, 1.807) is 24.5 Å². The predicted molar refractivity (Wildman–Crippen MR) is 87.9 cm³/mol. The molecule has 1 aromatic rings. The van der Waals surface area contributed by atoms with Crippen molar-refractivity contribution in [2.75, 3.05) is 13.1 Å². The normalized spacial score (nSPS) is 20.3. The third-order valence-corrected chi connectivity index (χ3v) is 5.03. The third-order valence-electron chi connectivity index (χ3n) is 5.03. The summed E-state index contributed by atoms with van der Waals surface area (Å²) in [5.74, 6) is 0.494. The molecule has 0 spiro atoms. The summed E-state index contributed by atoms with van der Waals surface area (Å²) >= 11 is 0. The van der Waals surface area contributed by atoms with Gasteiger partial charge in [-0.15, -0.1) is 0 Å². The van der Waals surface area contributed by atoms with Gasteiger partial charge in [0.25, 0.3) is 5.91 Å². The number of pyridine rings is 1. The molecule has 0 aromatic carbocycles. The molecule has 23 heavy (non-hydrogen) atoms. The van der Waals surface area contributed by atoms with Gasteiger partial charge in [-0.2, -0.15) is 0 Å². The lowest BCUT2D eigenvalue weighted by atomic mass is 9.88. The van der Waals surface area contributed by atoms with E-state index in [1.165, 1.54) is 19.3 Å². The van der Waals surface area contributed by atoms with Gasteiger partial charge < -0.3 is 10.2 Å². The second-order valence-electron chi connectivity index (χ2n) is 6.65. The van der Waals surface area contributed by atoms with Crippen LogP contribution in [-0.4, -0.2) is 40.8 Å².